The van der Waals surface area contributed by atoms with Crippen molar-refractivity contribution in [2.75, 3.05) is 23.4 Å². The number of aromatic nitrogens is 2. The SMILES string of the molecule is O=C(C[C@H]1C(=O)N(C2CCCC2)c2nc3ccccc3n21)Nc1ccc2c(c1)OCCO2. The molecule has 164 valence electrons. The van der Waals surface area contributed by atoms with Gasteiger partial charge in [-0.2, -0.15) is 0 Å². The first kappa shape index (κ1) is 19.2. The highest BCUT2D eigenvalue weighted by atomic mass is 16.6. The number of carbonyl (C=O) groups excluding carboxylic acids is 2. The molecule has 3 aromatic rings. The van der Waals surface area contributed by atoms with E-state index < -0.39 is 6.04 Å². The van der Waals surface area contributed by atoms with Crippen LogP contribution in [0.4, 0.5) is 11.6 Å². The Hall–Kier alpha value is -3.55. The molecule has 1 aromatic heterocycles. The van der Waals surface area contributed by atoms with E-state index in [1.54, 1.807) is 18.2 Å². The monoisotopic (exact) mass is 432 g/mol. The van der Waals surface area contributed by atoms with E-state index in [-0.39, 0.29) is 24.3 Å². The number of benzene rings is 2. The summed E-state index contributed by atoms with van der Waals surface area (Å²) in [4.78, 5) is 33.1. The number of nitrogens with zero attached hydrogens (tertiary/aromatic N) is 3. The van der Waals surface area contributed by atoms with Crippen molar-refractivity contribution >= 4 is 34.5 Å². The number of para-hydroxylation sites is 2. The molecule has 3 aliphatic rings. The van der Waals surface area contributed by atoms with Crippen molar-refractivity contribution < 1.29 is 19.1 Å². The molecule has 0 radical (unpaired) electrons. The predicted molar refractivity (Wildman–Crippen MR) is 119 cm³/mol. The van der Waals surface area contributed by atoms with E-state index in [0.29, 0.717) is 36.3 Å². The lowest BCUT2D eigenvalue weighted by atomic mass is 10.1. The Kier molecular flexibility index (Phi) is 4.52. The average Bonchev–Trinajstić information content (AvgIpc) is 3.51. The van der Waals surface area contributed by atoms with Crippen LogP contribution in [0.1, 0.15) is 38.1 Å². The number of rotatable bonds is 4. The Morgan fingerprint density at radius 3 is 2.69 bits per heavy atom. The molecule has 3 heterocycles. The first-order valence-corrected chi connectivity index (χ1v) is 11.2. The highest BCUT2D eigenvalue weighted by Crippen LogP contribution is 2.40. The van der Waals surface area contributed by atoms with E-state index in [9.17, 15) is 9.59 Å². The summed E-state index contributed by atoms with van der Waals surface area (Å²) in [5, 5.41) is 2.92. The summed E-state index contributed by atoms with van der Waals surface area (Å²) in [5.74, 6) is 1.68. The van der Waals surface area contributed by atoms with E-state index in [2.05, 4.69) is 5.32 Å². The third-order valence-corrected chi connectivity index (χ3v) is 6.52. The van der Waals surface area contributed by atoms with E-state index in [4.69, 9.17) is 14.5 Å². The number of ether oxygens (including phenoxy) is 2. The molecule has 1 saturated carbocycles. The van der Waals surface area contributed by atoms with Crippen LogP contribution in [0, 0.1) is 0 Å². The molecule has 2 amide bonds. The van der Waals surface area contributed by atoms with E-state index in [1.807, 2.05) is 33.7 Å². The number of amides is 2. The van der Waals surface area contributed by atoms with Crippen LogP contribution in [0.3, 0.4) is 0 Å². The molecule has 2 aromatic carbocycles. The topological polar surface area (TPSA) is 85.7 Å². The van der Waals surface area contributed by atoms with Gasteiger partial charge in [-0.1, -0.05) is 25.0 Å². The van der Waals surface area contributed by atoms with Crippen molar-refractivity contribution in [3.63, 3.8) is 0 Å². The minimum atomic E-state index is -0.602. The fourth-order valence-electron chi connectivity index (χ4n) is 5.07. The summed E-state index contributed by atoms with van der Waals surface area (Å²) in [6.07, 6.45) is 4.23. The van der Waals surface area contributed by atoms with Crippen molar-refractivity contribution in [1.82, 2.24) is 9.55 Å². The van der Waals surface area contributed by atoms with Gasteiger partial charge < -0.3 is 14.8 Å². The Labute approximate surface area is 185 Å². The first-order chi connectivity index (χ1) is 15.7. The maximum absolute atomic E-state index is 13.5. The van der Waals surface area contributed by atoms with Crippen LogP contribution in [0.15, 0.2) is 42.5 Å². The summed E-state index contributed by atoms with van der Waals surface area (Å²) in [6, 6.07) is 12.7. The molecule has 0 spiro atoms. The molecule has 6 rings (SSSR count). The van der Waals surface area contributed by atoms with E-state index >= 15 is 0 Å². The van der Waals surface area contributed by atoms with Crippen molar-refractivity contribution in [1.29, 1.82) is 0 Å². The summed E-state index contributed by atoms with van der Waals surface area (Å²) in [5.41, 5.74) is 2.34. The molecule has 1 fully saturated rings. The highest BCUT2D eigenvalue weighted by Gasteiger charge is 2.44. The predicted octanol–water partition coefficient (Wildman–Crippen LogP) is 3.67. The van der Waals surface area contributed by atoms with Gasteiger partial charge in [0.1, 0.15) is 19.3 Å². The van der Waals surface area contributed by atoms with Gasteiger partial charge in [0.2, 0.25) is 11.9 Å². The molecule has 0 bridgehead atoms. The lowest BCUT2D eigenvalue weighted by Crippen LogP contribution is -2.38. The quantitative estimate of drug-likeness (QED) is 0.680. The van der Waals surface area contributed by atoms with Crippen LogP contribution >= 0.6 is 0 Å². The summed E-state index contributed by atoms with van der Waals surface area (Å²) in [7, 11) is 0. The van der Waals surface area contributed by atoms with Gasteiger partial charge >= 0.3 is 0 Å². The number of hydrogen-bond donors (Lipinski definition) is 1. The van der Waals surface area contributed by atoms with Crippen molar-refractivity contribution in [3.05, 3.63) is 42.5 Å². The smallest absolute Gasteiger partial charge is 0.253 e. The molecule has 0 unspecified atom stereocenters. The standard InChI is InChI=1S/C24H24N4O4/c29-22(25-15-9-10-20-21(13-15)32-12-11-31-20)14-19-23(30)27(16-5-1-2-6-16)24-26-17-7-3-4-8-18(17)28(19)24/h3-4,7-10,13,16,19H,1-2,5-6,11-12,14H2,(H,25,29)/t19-/m0/s1. The van der Waals surface area contributed by atoms with Gasteiger partial charge in [-0.15, -0.1) is 0 Å². The van der Waals surface area contributed by atoms with Gasteiger partial charge in [-0.05, 0) is 37.1 Å². The molecule has 8 nitrogen and oxygen atoms in total. The highest BCUT2D eigenvalue weighted by molar-refractivity contribution is 6.05. The molecule has 32 heavy (non-hydrogen) atoms. The number of hydrogen-bond acceptors (Lipinski definition) is 5. The second kappa shape index (κ2) is 7.55. The van der Waals surface area contributed by atoms with Crippen molar-refractivity contribution in [2.24, 2.45) is 0 Å². The molecule has 2 aliphatic heterocycles. The van der Waals surface area contributed by atoms with Crippen molar-refractivity contribution in [3.8, 4) is 11.5 Å². The largest absolute Gasteiger partial charge is 0.486 e. The lowest BCUT2D eigenvalue weighted by molar-refractivity contribution is -0.125. The van der Waals surface area contributed by atoms with Gasteiger partial charge in [-0.25, -0.2) is 4.98 Å². The van der Waals surface area contributed by atoms with Crippen LogP contribution in [0.5, 0.6) is 11.5 Å². The normalized spacial score (nSPS) is 20.1. The van der Waals surface area contributed by atoms with Crippen LogP contribution in [-0.4, -0.2) is 40.6 Å². The molecule has 1 atom stereocenters. The van der Waals surface area contributed by atoms with Gasteiger partial charge in [-0.3, -0.25) is 19.1 Å². The molecular weight excluding hydrogens is 408 g/mol. The summed E-state index contributed by atoms with van der Waals surface area (Å²) < 4.78 is 13.1. The zero-order valence-corrected chi connectivity index (χ0v) is 17.6. The third-order valence-electron chi connectivity index (χ3n) is 6.52. The van der Waals surface area contributed by atoms with Gasteiger partial charge in [0.05, 0.1) is 17.5 Å². The first-order valence-electron chi connectivity index (χ1n) is 11.2. The van der Waals surface area contributed by atoms with Crippen LogP contribution in [-0.2, 0) is 9.59 Å². The van der Waals surface area contributed by atoms with Crippen LogP contribution in [0.2, 0.25) is 0 Å². The number of nitrogens with one attached hydrogen (secondary N) is 1. The Bertz CT molecular complexity index is 1210. The second-order valence-corrected chi connectivity index (χ2v) is 8.54. The van der Waals surface area contributed by atoms with Gasteiger partial charge in [0.25, 0.3) is 5.91 Å². The van der Waals surface area contributed by atoms with E-state index in [1.165, 1.54) is 0 Å². The molecule has 1 N–H and O–H groups in total. The number of fused-ring (bicyclic) bond motifs is 4. The maximum Gasteiger partial charge on any atom is 0.253 e. The van der Waals surface area contributed by atoms with Crippen molar-refractivity contribution in [2.45, 2.75) is 44.2 Å². The summed E-state index contributed by atoms with van der Waals surface area (Å²) >= 11 is 0. The van der Waals surface area contributed by atoms with Gasteiger partial charge in [0, 0.05) is 17.8 Å². The van der Waals surface area contributed by atoms with Gasteiger partial charge in [0.15, 0.2) is 11.5 Å². The van der Waals surface area contributed by atoms with Crippen LogP contribution in [0.25, 0.3) is 11.0 Å². The molecule has 8 heteroatoms. The molecular formula is C24H24N4O4. The fourth-order valence-corrected chi connectivity index (χ4v) is 5.07. The Morgan fingerprint density at radius 1 is 1.06 bits per heavy atom. The molecule has 1 aliphatic carbocycles. The molecule has 0 saturated heterocycles. The number of carbonyl (C=O) groups is 2. The minimum absolute atomic E-state index is 0.0394. The zero-order valence-electron chi connectivity index (χ0n) is 17.6. The Morgan fingerprint density at radius 2 is 1.84 bits per heavy atom. The lowest BCUT2D eigenvalue weighted by Gasteiger charge is -2.22. The Balaban J connectivity index is 1.29. The fraction of sp³-hybridized carbons (Fsp3) is 0.375. The summed E-state index contributed by atoms with van der Waals surface area (Å²) in [6.45, 7) is 0.996. The maximum atomic E-state index is 13.5. The zero-order chi connectivity index (χ0) is 21.7. The third kappa shape index (κ3) is 3.09. The minimum Gasteiger partial charge on any atom is -0.486 e. The van der Waals surface area contributed by atoms with E-state index in [0.717, 1.165) is 36.7 Å². The average molecular weight is 432 g/mol. The van der Waals surface area contributed by atoms with Crippen LogP contribution < -0.4 is 19.7 Å². The number of anilines is 2. The number of imidazole rings is 1. The second-order valence-electron chi connectivity index (χ2n) is 8.54.